The van der Waals surface area contributed by atoms with E-state index < -0.39 is 7.29 Å². The van der Waals surface area contributed by atoms with Crippen LogP contribution >= 0.6 is 39.2 Å². The number of hydrogen-bond acceptors (Lipinski definition) is 3. The number of rotatable bonds is 9. The number of esters is 1. The van der Waals surface area contributed by atoms with Gasteiger partial charge in [-0.3, -0.25) is 9.88 Å². The molecule has 0 bridgehead atoms. The summed E-state index contributed by atoms with van der Waals surface area (Å²) in [6, 6.07) is 0. The van der Waals surface area contributed by atoms with Gasteiger partial charge in [-0.25, -0.2) is 0 Å². The van der Waals surface area contributed by atoms with Gasteiger partial charge in [0.1, 0.15) is 7.29 Å². The number of hydrogen-bond donors (Lipinski definition) is 1. The Balaban J connectivity index is 3.85. The molecular weight excluding hydrogens is 361 g/mol. The van der Waals surface area contributed by atoms with E-state index in [2.05, 4.69) is 41.7 Å². The highest BCUT2D eigenvalue weighted by Gasteiger charge is 2.19. The Hall–Kier alpha value is 0.620. The van der Waals surface area contributed by atoms with Gasteiger partial charge in [-0.1, -0.05) is 31.9 Å². The molecule has 0 aromatic heterocycles. The second-order valence-electron chi connectivity index (χ2n) is 3.30. The van der Waals surface area contributed by atoms with Crippen LogP contribution in [-0.4, -0.2) is 42.6 Å². The van der Waals surface area contributed by atoms with Crippen LogP contribution in [0.4, 0.5) is 0 Å². The van der Waals surface area contributed by atoms with Gasteiger partial charge in [-0.05, 0) is 6.42 Å². The number of carbonyl (C=O) groups excluding carboxylic acids is 1. The molecule has 0 aliphatic carbocycles. The van der Waals surface area contributed by atoms with Crippen molar-refractivity contribution in [3.63, 3.8) is 0 Å². The molecule has 0 aromatic rings. The zero-order valence-electron chi connectivity index (χ0n) is 9.38. The van der Waals surface area contributed by atoms with Gasteiger partial charge in [-0.2, -0.15) is 0 Å². The average Bonchev–Trinajstić information content (AvgIpc) is 2.25. The minimum absolute atomic E-state index is 0.224. The molecule has 96 valence electrons. The summed E-state index contributed by atoms with van der Waals surface area (Å²) < 4.78 is 16.8. The molecule has 1 N–H and O–H groups in total. The summed E-state index contributed by atoms with van der Waals surface area (Å²) in [4.78, 5) is 10.9. The lowest BCUT2D eigenvalue weighted by Crippen LogP contribution is -2.18. The second-order valence-corrected chi connectivity index (χ2v) is 7.88. The molecule has 0 unspecified atom stereocenters. The summed E-state index contributed by atoms with van der Waals surface area (Å²) in [5.41, 5.74) is 0. The molecule has 0 aliphatic rings. The van der Waals surface area contributed by atoms with Gasteiger partial charge in [-0.15, -0.1) is 0 Å². The largest absolute Gasteiger partial charge is 0.469 e. The Bertz CT molecular complexity index is 241. The van der Waals surface area contributed by atoms with Crippen molar-refractivity contribution in [2.75, 3.05) is 36.6 Å². The zero-order chi connectivity index (χ0) is 12.4. The van der Waals surface area contributed by atoms with Crippen molar-refractivity contribution in [1.82, 2.24) is 5.09 Å². The van der Waals surface area contributed by atoms with Crippen molar-refractivity contribution in [3.8, 4) is 0 Å². The zero-order valence-corrected chi connectivity index (χ0v) is 13.4. The van der Waals surface area contributed by atoms with Gasteiger partial charge in [0.25, 0.3) is 0 Å². The molecule has 0 saturated carbocycles. The Kier molecular flexibility index (Phi) is 10.0. The maximum Gasteiger partial charge on any atom is 0.305 e. The third kappa shape index (κ3) is 7.82. The quantitative estimate of drug-likeness (QED) is 0.290. The van der Waals surface area contributed by atoms with Gasteiger partial charge in [0.2, 0.25) is 0 Å². The lowest BCUT2D eigenvalue weighted by molar-refractivity contribution is -0.140. The standard InChI is InChI=1S/C9H18Br2NO3P/c1-15-9(13)3-2-6-12-16(14,7-4-10)8-5-11/h2-8H2,1H3,(H,12,14). The maximum absolute atomic E-state index is 12.2. The minimum Gasteiger partial charge on any atom is -0.469 e. The lowest BCUT2D eigenvalue weighted by Gasteiger charge is -2.17. The van der Waals surface area contributed by atoms with E-state index in [-0.39, 0.29) is 5.97 Å². The van der Waals surface area contributed by atoms with Gasteiger partial charge < -0.3 is 9.30 Å². The van der Waals surface area contributed by atoms with Crippen LogP contribution in [0.1, 0.15) is 12.8 Å². The summed E-state index contributed by atoms with van der Waals surface area (Å²) in [5, 5.41) is 4.51. The van der Waals surface area contributed by atoms with Crippen LogP contribution in [0.2, 0.25) is 0 Å². The lowest BCUT2D eigenvalue weighted by atomic mass is 10.3. The van der Waals surface area contributed by atoms with Crippen molar-refractivity contribution < 1.29 is 14.1 Å². The van der Waals surface area contributed by atoms with Gasteiger partial charge in [0.15, 0.2) is 0 Å². The number of alkyl halides is 2. The molecule has 0 aromatic carbocycles. The topological polar surface area (TPSA) is 55.4 Å². The summed E-state index contributed by atoms with van der Waals surface area (Å²) in [5.74, 6) is -0.224. The first-order chi connectivity index (χ1) is 7.58. The average molecular weight is 379 g/mol. The molecule has 0 fully saturated rings. The third-order valence-corrected chi connectivity index (χ3v) is 6.79. The van der Waals surface area contributed by atoms with E-state index in [1.54, 1.807) is 0 Å². The van der Waals surface area contributed by atoms with Crippen molar-refractivity contribution in [2.24, 2.45) is 0 Å². The van der Waals surface area contributed by atoms with E-state index in [4.69, 9.17) is 0 Å². The Morgan fingerprint density at radius 2 is 1.88 bits per heavy atom. The molecule has 0 amide bonds. The number of methoxy groups -OCH3 is 1. The Labute approximate surface area is 114 Å². The Morgan fingerprint density at radius 1 is 1.31 bits per heavy atom. The smallest absolute Gasteiger partial charge is 0.305 e. The fraction of sp³-hybridized carbons (Fsp3) is 0.889. The first-order valence-corrected chi connectivity index (χ1v) is 9.42. The molecule has 4 nitrogen and oxygen atoms in total. The molecule has 0 rings (SSSR count). The number of carbonyl (C=O) groups is 1. The molecule has 0 spiro atoms. The fourth-order valence-electron chi connectivity index (χ4n) is 1.16. The van der Waals surface area contributed by atoms with Crippen LogP contribution in [-0.2, 0) is 14.1 Å². The van der Waals surface area contributed by atoms with E-state index in [0.29, 0.717) is 31.7 Å². The van der Waals surface area contributed by atoms with Crippen LogP contribution in [0.15, 0.2) is 0 Å². The number of halogens is 2. The van der Waals surface area contributed by atoms with Crippen LogP contribution in [0.3, 0.4) is 0 Å². The Morgan fingerprint density at radius 3 is 2.31 bits per heavy atom. The van der Waals surface area contributed by atoms with E-state index in [1.807, 2.05) is 0 Å². The van der Waals surface area contributed by atoms with Gasteiger partial charge in [0.05, 0.1) is 7.11 Å². The molecule has 7 heteroatoms. The fourth-order valence-corrected chi connectivity index (χ4v) is 6.25. The first-order valence-electron chi connectivity index (χ1n) is 5.10. The first kappa shape index (κ1) is 16.6. The van der Waals surface area contributed by atoms with E-state index in [0.717, 1.165) is 10.7 Å². The van der Waals surface area contributed by atoms with E-state index in [1.165, 1.54) is 7.11 Å². The molecule has 0 saturated heterocycles. The normalized spacial score (nSPS) is 11.4. The molecule has 0 aliphatic heterocycles. The minimum atomic E-state index is -2.28. The number of nitrogens with one attached hydrogen (secondary N) is 1. The summed E-state index contributed by atoms with van der Waals surface area (Å²) in [6.45, 7) is 0.590. The highest BCUT2D eigenvalue weighted by molar-refractivity contribution is 9.09. The predicted octanol–water partition coefficient (Wildman–Crippen LogP) is 2.60. The predicted molar refractivity (Wildman–Crippen MR) is 74.2 cm³/mol. The van der Waals surface area contributed by atoms with Crippen LogP contribution in [0.25, 0.3) is 0 Å². The third-order valence-electron chi connectivity index (χ3n) is 2.08. The summed E-state index contributed by atoms with van der Waals surface area (Å²) in [6.07, 6.45) is 2.29. The van der Waals surface area contributed by atoms with E-state index >= 15 is 0 Å². The molecule has 0 radical (unpaired) electrons. The van der Waals surface area contributed by atoms with Crippen molar-refractivity contribution in [2.45, 2.75) is 12.8 Å². The van der Waals surface area contributed by atoms with Crippen LogP contribution < -0.4 is 5.09 Å². The van der Waals surface area contributed by atoms with E-state index in [9.17, 15) is 9.36 Å². The van der Waals surface area contributed by atoms with Crippen LogP contribution in [0, 0.1) is 0 Å². The van der Waals surface area contributed by atoms with Gasteiger partial charge >= 0.3 is 5.97 Å². The summed E-state index contributed by atoms with van der Waals surface area (Å²) >= 11 is 6.59. The van der Waals surface area contributed by atoms with Crippen molar-refractivity contribution >= 4 is 45.1 Å². The monoisotopic (exact) mass is 377 g/mol. The second kappa shape index (κ2) is 9.63. The highest BCUT2D eigenvalue weighted by atomic mass is 79.9. The van der Waals surface area contributed by atoms with Crippen molar-refractivity contribution in [1.29, 1.82) is 0 Å². The SMILES string of the molecule is COC(=O)CCCNP(=O)(CCBr)CCBr. The molecule has 16 heavy (non-hydrogen) atoms. The number of ether oxygens (including phenoxy) is 1. The van der Waals surface area contributed by atoms with Gasteiger partial charge in [0, 0.05) is 35.9 Å². The van der Waals surface area contributed by atoms with Crippen molar-refractivity contribution in [3.05, 3.63) is 0 Å². The summed E-state index contributed by atoms with van der Waals surface area (Å²) in [7, 11) is -0.912. The highest BCUT2D eigenvalue weighted by Crippen LogP contribution is 2.40. The maximum atomic E-state index is 12.2. The molecule has 0 atom stereocenters. The molecular formula is C9H18Br2NO3P. The van der Waals surface area contributed by atoms with Crippen LogP contribution in [0.5, 0.6) is 0 Å². The molecule has 0 heterocycles.